The monoisotopic (exact) mass is 272 g/mol. The molecule has 1 aromatic heterocycles. The number of nitrogens with zero attached hydrogens (tertiary/aromatic N) is 2. The molecule has 2 rings (SSSR count). The molecular weight excluding hydrogens is 265 g/mol. The first-order chi connectivity index (χ1) is 8.77. The molecule has 0 aliphatic heterocycles. The van der Waals surface area contributed by atoms with E-state index >= 15 is 0 Å². The molecule has 0 aliphatic carbocycles. The van der Waals surface area contributed by atoms with Gasteiger partial charge in [-0.25, -0.2) is 0 Å². The quantitative estimate of drug-likeness (QED) is 0.648. The Morgan fingerprint density at radius 2 is 1.95 bits per heavy atom. The molecule has 0 radical (unpaired) electrons. The molecule has 2 aromatic rings. The fourth-order valence-corrected chi connectivity index (χ4v) is 1.52. The summed E-state index contributed by atoms with van der Waals surface area (Å²) in [4.78, 5) is 9.77. The zero-order chi connectivity index (χ0) is 14.2. The normalized spacial score (nSPS) is 11.5. The number of non-ortho nitro benzene ring substituents is 1. The van der Waals surface area contributed by atoms with Crippen LogP contribution in [0.25, 0.3) is 11.3 Å². The Kier molecular flexibility index (Phi) is 2.89. The number of nitrogens with one attached hydrogen (secondary N) is 1. The van der Waals surface area contributed by atoms with Crippen LogP contribution in [0.3, 0.4) is 0 Å². The second-order valence-corrected chi connectivity index (χ2v) is 3.73. The van der Waals surface area contributed by atoms with Gasteiger partial charge in [-0.1, -0.05) is 0 Å². The lowest BCUT2D eigenvalue weighted by Gasteiger charge is -2.08. The summed E-state index contributed by atoms with van der Waals surface area (Å²) in [7, 11) is 0. The molecule has 0 spiro atoms. The van der Waals surface area contributed by atoms with Crippen LogP contribution in [-0.2, 0) is 6.18 Å². The van der Waals surface area contributed by atoms with Crippen LogP contribution in [0.4, 0.5) is 24.7 Å². The Bertz CT molecular complexity index is 636. The van der Waals surface area contributed by atoms with Crippen molar-refractivity contribution >= 4 is 11.5 Å². The Morgan fingerprint density at radius 3 is 2.42 bits per heavy atom. The first kappa shape index (κ1) is 12.9. The molecular formula is C10H7F3N4O2. The highest BCUT2D eigenvalue weighted by Gasteiger charge is 2.33. The van der Waals surface area contributed by atoms with Gasteiger partial charge in [-0.3, -0.25) is 15.2 Å². The third-order valence-electron chi connectivity index (χ3n) is 2.36. The van der Waals surface area contributed by atoms with Gasteiger partial charge in [0.2, 0.25) is 0 Å². The molecule has 0 bridgehead atoms. The molecule has 3 N–H and O–H groups in total. The Labute approximate surface area is 104 Å². The van der Waals surface area contributed by atoms with Gasteiger partial charge in [-0.05, 0) is 6.07 Å². The molecule has 0 aliphatic rings. The number of nitrogens with two attached hydrogens (primary N) is 1. The van der Waals surface area contributed by atoms with Crippen LogP contribution in [0, 0.1) is 10.1 Å². The Hall–Kier alpha value is -2.58. The van der Waals surface area contributed by atoms with E-state index in [1.54, 1.807) is 0 Å². The summed E-state index contributed by atoms with van der Waals surface area (Å²) in [5.74, 6) is 0.0788. The number of aromatic amines is 1. The minimum atomic E-state index is -4.67. The number of halogens is 3. The summed E-state index contributed by atoms with van der Waals surface area (Å²) in [6, 6.07) is 3.57. The molecule has 1 aromatic carbocycles. The van der Waals surface area contributed by atoms with Crippen molar-refractivity contribution in [1.82, 2.24) is 10.2 Å². The highest BCUT2D eigenvalue weighted by Crippen LogP contribution is 2.35. The van der Waals surface area contributed by atoms with Gasteiger partial charge in [0, 0.05) is 23.8 Å². The van der Waals surface area contributed by atoms with Crippen molar-refractivity contribution < 1.29 is 18.1 Å². The number of hydrogen-bond acceptors (Lipinski definition) is 4. The van der Waals surface area contributed by atoms with E-state index in [0.717, 1.165) is 12.1 Å². The summed E-state index contributed by atoms with van der Waals surface area (Å²) in [5, 5.41) is 16.6. The molecule has 0 atom stereocenters. The number of hydrogen-bond donors (Lipinski definition) is 2. The van der Waals surface area contributed by atoms with Crippen LogP contribution in [0.5, 0.6) is 0 Å². The summed E-state index contributed by atoms with van der Waals surface area (Å²) >= 11 is 0. The number of alkyl halides is 3. The topological polar surface area (TPSA) is 97.8 Å². The van der Waals surface area contributed by atoms with E-state index in [9.17, 15) is 23.3 Å². The predicted octanol–water partition coefficient (Wildman–Crippen LogP) is 2.59. The van der Waals surface area contributed by atoms with E-state index in [1.807, 2.05) is 0 Å². The molecule has 100 valence electrons. The number of anilines is 1. The van der Waals surface area contributed by atoms with Crippen LogP contribution in [0.1, 0.15) is 5.56 Å². The van der Waals surface area contributed by atoms with Gasteiger partial charge in [0.05, 0.1) is 16.2 Å². The second-order valence-electron chi connectivity index (χ2n) is 3.73. The number of nitrogen functional groups attached to an aromatic ring is 1. The number of nitro groups is 1. The summed E-state index contributed by atoms with van der Waals surface area (Å²) in [5.41, 5.74) is 3.74. The van der Waals surface area contributed by atoms with Crippen LogP contribution < -0.4 is 5.73 Å². The van der Waals surface area contributed by atoms with E-state index in [0.29, 0.717) is 6.07 Å². The number of H-pyrrole nitrogens is 1. The average Bonchev–Trinajstić information content (AvgIpc) is 2.74. The van der Waals surface area contributed by atoms with E-state index in [1.165, 1.54) is 6.07 Å². The third-order valence-corrected chi connectivity index (χ3v) is 2.36. The summed E-state index contributed by atoms with van der Waals surface area (Å²) in [6.45, 7) is 0. The molecule has 0 unspecified atom stereocenters. The van der Waals surface area contributed by atoms with Gasteiger partial charge in [-0.2, -0.15) is 18.3 Å². The standard InChI is InChI=1S/C10H7F3N4O2/c11-10(12,13)6-1-5(2-7(3-6)17(18)19)8-4-9(14)16-15-8/h1-4H,(H3,14,15,16). The fourth-order valence-electron chi connectivity index (χ4n) is 1.52. The highest BCUT2D eigenvalue weighted by atomic mass is 19.4. The minimum Gasteiger partial charge on any atom is -0.382 e. The molecule has 1 heterocycles. The molecule has 9 heteroatoms. The Balaban J connectivity index is 2.61. The number of aromatic nitrogens is 2. The maximum absolute atomic E-state index is 12.7. The maximum Gasteiger partial charge on any atom is 0.416 e. The number of benzene rings is 1. The molecule has 19 heavy (non-hydrogen) atoms. The van der Waals surface area contributed by atoms with E-state index in [4.69, 9.17) is 5.73 Å². The van der Waals surface area contributed by atoms with Gasteiger partial charge < -0.3 is 5.73 Å². The van der Waals surface area contributed by atoms with E-state index in [-0.39, 0.29) is 17.1 Å². The largest absolute Gasteiger partial charge is 0.416 e. The zero-order valence-electron chi connectivity index (χ0n) is 9.23. The van der Waals surface area contributed by atoms with Crippen molar-refractivity contribution in [3.05, 3.63) is 39.9 Å². The van der Waals surface area contributed by atoms with Gasteiger partial charge in [0.25, 0.3) is 5.69 Å². The molecule has 6 nitrogen and oxygen atoms in total. The smallest absolute Gasteiger partial charge is 0.382 e. The van der Waals surface area contributed by atoms with Crippen LogP contribution >= 0.6 is 0 Å². The lowest BCUT2D eigenvalue weighted by atomic mass is 10.1. The SMILES string of the molecule is Nc1cc(-c2cc([N+](=O)[O-])cc(C(F)(F)F)c2)[nH]n1. The molecule has 0 saturated carbocycles. The third kappa shape index (κ3) is 2.64. The van der Waals surface area contributed by atoms with Crippen LogP contribution in [0.15, 0.2) is 24.3 Å². The van der Waals surface area contributed by atoms with Crippen molar-refractivity contribution in [1.29, 1.82) is 0 Å². The average molecular weight is 272 g/mol. The van der Waals surface area contributed by atoms with Gasteiger partial charge in [0.1, 0.15) is 5.82 Å². The molecule has 0 fully saturated rings. The maximum atomic E-state index is 12.7. The van der Waals surface area contributed by atoms with Crippen molar-refractivity contribution in [2.75, 3.05) is 5.73 Å². The zero-order valence-corrected chi connectivity index (χ0v) is 9.23. The number of rotatable bonds is 2. The Morgan fingerprint density at radius 1 is 1.26 bits per heavy atom. The van der Waals surface area contributed by atoms with Gasteiger partial charge in [-0.15, -0.1) is 0 Å². The lowest BCUT2D eigenvalue weighted by Crippen LogP contribution is -2.06. The van der Waals surface area contributed by atoms with Crippen molar-refractivity contribution in [3.63, 3.8) is 0 Å². The fraction of sp³-hybridized carbons (Fsp3) is 0.100. The lowest BCUT2D eigenvalue weighted by molar-refractivity contribution is -0.385. The van der Waals surface area contributed by atoms with E-state index in [2.05, 4.69) is 10.2 Å². The molecule has 0 amide bonds. The van der Waals surface area contributed by atoms with E-state index < -0.39 is 22.4 Å². The van der Waals surface area contributed by atoms with Crippen LogP contribution in [0.2, 0.25) is 0 Å². The van der Waals surface area contributed by atoms with Gasteiger partial charge in [0.15, 0.2) is 0 Å². The first-order valence-electron chi connectivity index (χ1n) is 4.95. The minimum absolute atomic E-state index is 0.00859. The van der Waals surface area contributed by atoms with Crippen molar-refractivity contribution in [2.24, 2.45) is 0 Å². The van der Waals surface area contributed by atoms with Crippen LogP contribution in [-0.4, -0.2) is 15.1 Å². The highest BCUT2D eigenvalue weighted by molar-refractivity contribution is 5.66. The molecule has 0 saturated heterocycles. The number of nitro benzene ring substituents is 1. The first-order valence-corrected chi connectivity index (χ1v) is 4.95. The van der Waals surface area contributed by atoms with Crippen molar-refractivity contribution in [2.45, 2.75) is 6.18 Å². The predicted molar refractivity (Wildman–Crippen MR) is 60.1 cm³/mol. The van der Waals surface area contributed by atoms with Crippen molar-refractivity contribution in [3.8, 4) is 11.3 Å². The summed E-state index contributed by atoms with van der Waals surface area (Å²) in [6.07, 6.45) is -4.67. The summed E-state index contributed by atoms with van der Waals surface area (Å²) < 4.78 is 38.0. The second kappa shape index (κ2) is 4.26. The van der Waals surface area contributed by atoms with Gasteiger partial charge >= 0.3 is 6.18 Å².